The van der Waals surface area contributed by atoms with Crippen LogP contribution in [-0.2, 0) is 11.2 Å². The van der Waals surface area contributed by atoms with E-state index < -0.39 is 0 Å². The molecule has 6 heteroatoms. The Morgan fingerprint density at radius 1 is 1.37 bits per heavy atom. The van der Waals surface area contributed by atoms with Crippen LogP contribution in [0.5, 0.6) is 0 Å². The van der Waals surface area contributed by atoms with Gasteiger partial charge in [0.1, 0.15) is 0 Å². The van der Waals surface area contributed by atoms with Crippen LogP contribution in [0.1, 0.15) is 11.4 Å². The topological polar surface area (TPSA) is 54.4 Å². The van der Waals surface area contributed by atoms with Crippen molar-refractivity contribution in [2.24, 2.45) is 4.99 Å². The number of aliphatic imine (C=N–C) groups is 1. The van der Waals surface area contributed by atoms with Gasteiger partial charge in [0, 0.05) is 18.6 Å². The van der Waals surface area contributed by atoms with Crippen LogP contribution < -0.4 is 5.32 Å². The number of rotatable bonds is 3. The first-order chi connectivity index (χ1) is 9.31. The van der Waals surface area contributed by atoms with E-state index in [1.165, 1.54) is 4.70 Å². The molecule has 0 radical (unpaired) electrons. The zero-order chi connectivity index (χ0) is 13.1. The van der Waals surface area contributed by atoms with E-state index in [0.29, 0.717) is 12.8 Å². The Balaban J connectivity index is 1.57. The summed E-state index contributed by atoms with van der Waals surface area (Å²) in [5, 5.41) is 4.60. The second-order valence-corrected chi connectivity index (χ2v) is 6.36. The number of fused-ring (bicyclic) bond motifs is 1. The Bertz CT molecular complexity index is 603. The van der Waals surface area contributed by atoms with Gasteiger partial charge in [0.25, 0.3) is 0 Å². The summed E-state index contributed by atoms with van der Waals surface area (Å²) in [6.07, 6.45) is 1.14. The molecule has 19 heavy (non-hydrogen) atoms. The third-order valence-corrected chi connectivity index (χ3v) is 4.72. The van der Waals surface area contributed by atoms with Crippen molar-refractivity contribution in [3.63, 3.8) is 0 Å². The van der Waals surface area contributed by atoms with Crippen LogP contribution in [0.2, 0.25) is 0 Å². The third kappa shape index (κ3) is 3.13. The van der Waals surface area contributed by atoms with E-state index in [2.05, 4.69) is 21.4 Å². The maximum atomic E-state index is 11.8. The molecule has 98 valence electrons. The third-order valence-electron chi connectivity index (χ3n) is 2.74. The number of thiazole rings is 1. The van der Waals surface area contributed by atoms with Gasteiger partial charge >= 0.3 is 0 Å². The first kappa shape index (κ1) is 12.6. The molecule has 1 aromatic carbocycles. The molecular weight excluding hydrogens is 278 g/mol. The predicted octanol–water partition coefficient (Wildman–Crippen LogP) is 2.45. The van der Waals surface area contributed by atoms with Crippen molar-refractivity contribution in [2.75, 3.05) is 12.3 Å². The van der Waals surface area contributed by atoms with Gasteiger partial charge in [0.05, 0.1) is 21.8 Å². The zero-order valence-electron chi connectivity index (χ0n) is 10.3. The Kier molecular flexibility index (Phi) is 3.79. The van der Waals surface area contributed by atoms with Gasteiger partial charge in [-0.15, -0.1) is 11.3 Å². The van der Waals surface area contributed by atoms with Crippen LogP contribution in [0.3, 0.4) is 0 Å². The molecule has 1 aliphatic heterocycles. The van der Waals surface area contributed by atoms with Crippen molar-refractivity contribution in [1.82, 2.24) is 10.3 Å². The number of benzene rings is 1. The first-order valence-electron chi connectivity index (χ1n) is 6.13. The quantitative estimate of drug-likeness (QED) is 0.945. The Hall–Kier alpha value is -1.40. The lowest BCUT2D eigenvalue weighted by atomic mass is 10.3. The normalized spacial score (nSPS) is 14.6. The molecule has 0 atom stereocenters. The smallest absolute Gasteiger partial charge is 0.226 e. The molecule has 1 aliphatic rings. The molecule has 0 saturated carbocycles. The second kappa shape index (κ2) is 5.71. The fourth-order valence-corrected chi connectivity index (χ4v) is 3.55. The molecule has 2 aromatic rings. The molecule has 0 saturated heterocycles. The number of thioether (sulfide) groups is 1. The molecule has 0 fully saturated rings. The lowest BCUT2D eigenvalue weighted by molar-refractivity contribution is -0.119. The molecule has 0 aliphatic carbocycles. The summed E-state index contributed by atoms with van der Waals surface area (Å²) in [7, 11) is 0. The van der Waals surface area contributed by atoms with Crippen molar-refractivity contribution in [1.29, 1.82) is 0 Å². The zero-order valence-corrected chi connectivity index (χ0v) is 11.9. The summed E-state index contributed by atoms with van der Waals surface area (Å²) >= 11 is 3.26. The molecule has 1 amide bonds. The largest absolute Gasteiger partial charge is 0.305 e. The number of amidine groups is 1. The van der Waals surface area contributed by atoms with Crippen LogP contribution in [0, 0.1) is 0 Å². The number of carbonyl (C=O) groups excluding carboxylic acids is 1. The summed E-state index contributed by atoms with van der Waals surface area (Å²) in [6.45, 7) is 0.804. The summed E-state index contributed by atoms with van der Waals surface area (Å²) in [5.41, 5.74) is 1.01. The fraction of sp³-hybridized carbons (Fsp3) is 0.308. The van der Waals surface area contributed by atoms with Crippen LogP contribution in [0.15, 0.2) is 29.3 Å². The van der Waals surface area contributed by atoms with Crippen molar-refractivity contribution in [3.05, 3.63) is 29.3 Å². The number of aryl methyl sites for hydroxylation is 1. The van der Waals surface area contributed by atoms with Gasteiger partial charge in [-0.1, -0.05) is 23.9 Å². The Morgan fingerprint density at radius 2 is 2.26 bits per heavy atom. The van der Waals surface area contributed by atoms with Crippen molar-refractivity contribution in [2.45, 2.75) is 12.8 Å². The number of amides is 1. The van der Waals surface area contributed by atoms with E-state index in [0.717, 1.165) is 28.0 Å². The minimum atomic E-state index is 0.0207. The summed E-state index contributed by atoms with van der Waals surface area (Å²) < 4.78 is 1.17. The number of hydrogen-bond donors (Lipinski definition) is 1. The molecule has 2 heterocycles. The molecular formula is C13H13N3OS2. The standard InChI is InChI=1S/C13H13N3OS2/c17-11(16-13-14-7-8-18-13)5-6-12-15-9-3-1-2-4-10(9)19-12/h1-4H,5-8H2,(H,14,16,17). The maximum absolute atomic E-state index is 11.8. The number of para-hydroxylation sites is 1. The molecule has 0 spiro atoms. The lowest BCUT2D eigenvalue weighted by Gasteiger charge is -2.01. The van der Waals surface area contributed by atoms with E-state index in [1.807, 2.05) is 18.2 Å². The number of hydrogen-bond acceptors (Lipinski definition) is 5. The van der Waals surface area contributed by atoms with Crippen LogP contribution in [-0.4, -0.2) is 28.4 Å². The van der Waals surface area contributed by atoms with Crippen LogP contribution in [0.25, 0.3) is 10.2 Å². The van der Waals surface area contributed by atoms with Crippen molar-refractivity contribution < 1.29 is 4.79 Å². The van der Waals surface area contributed by atoms with Crippen molar-refractivity contribution >= 4 is 44.4 Å². The molecule has 3 rings (SSSR count). The van der Waals surface area contributed by atoms with Gasteiger partial charge in [0.2, 0.25) is 5.91 Å². The van der Waals surface area contributed by atoms with E-state index >= 15 is 0 Å². The SMILES string of the molecule is O=C(CCc1nc2ccccc2s1)NC1=NCCS1. The maximum Gasteiger partial charge on any atom is 0.226 e. The molecule has 4 nitrogen and oxygen atoms in total. The average molecular weight is 291 g/mol. The average Bonchev–Trinajstić information content (AvgIpc) is 3.04. The summed E-state index contributed by atoms with van der Waals surface area (Å²) in [5.74, 6) is 0.987. The van der Waals surface area contributed by atoms with Crippen molar-refractivity contribution in [3.8, 4) is 0 Å². The first-order valence-corrected chi connectivity index (χ1v) is 7.93. The van der Waals surface area contributed by atoms with Gasteiger partial charge in [-0.3, -0.25) is 9.79 Å². The highest BCUT2D eigenvalue weighted by molar-refractivity contribution is 8.14. The summed E-state index contributed by atoms with van der Waals surface area (Å²) in [6, 6.07) is 8.04. The Labute approximate surface area is 119 Å². The van der Waals surface area contributed by atoms with Crippen LogP contribution in [0.4, 0.5) is 0 Å². The second-order valence-electron chi connectivity index (χ2n) is 4.16. The molecule has 0 bridgehead atoms. The van der Waals surface area contributed by atoms with Gasteiger partial charge in [-0.2, -0.15) is 0 Å². The highest BCUT2D eigenvalue weighted by Crippen LogP contribution is 2.22. The highest BCUT2D eigenvalue weighted by atomic mass is 32.2. The number of aromatic nitrogens is 1. The predicted molar refractivity (Wildman–Crippen MR) is 80.8 cm³/mol. The summed E-state index contributed by atoms with van der Waals surface area (Å²) in [4.78, 5) is 20.5. The van der Waals surface area contributed by atoms with Gasteiger partial charge in [-0.05, 0) is 12.1 Å². The molecule has 0 unspecified atom stereocenters. The fourth-order valence-electron chi connectivity index (χ4n) is 1.84. The van der Waals surface area contributed by atoms with Gasteiger partial charge in [-0.25, -0.2) is 4.98 Å². The lowest BCUT2D eigenvalue weighted by Crippen LogP contribution is -2.27. The molecule has 1 aromatic heterocycles. The van der Waals surface area contributed by atoms with E-state index in [-0.39, 0.29) is 5.91 Å². The minimum absolute atomic E-state index is 0.0207. The van der Waals surface area contributed by atoms with Gasteiger partial charge < -0.3 is 5.32 Å². The minimum Gasteiger partial charge on any atom is -0.305 e. The van der Waals surface area contributed by atoms with E-state index in [9.17, 15) is 4.79 Å². The Morgan fingerprint density at radius 3 is 3.05 bits per heavy atom. The van der Waals surface area contributed by atoms with Gasteiger partial charge in [0.15, 0.2) is 5.17 Å². The van der Waals surface area contributed by atoms with E-state index in [4.69, 9.17) is 0 Å². The number of nitrogens with zero attached hydrogens (tertiary/aromatic N) is 2. The molecule has 1 N–H and O–H groups in total. The number of carbonyl (C=O) groups is 1. The highest BCUT2D eigenvalue weighted by Gasteiger charge is 2.11. The number of nitrogens with one attached hydrogen (secondary N) is 1. The van der Waals surface area contributed by atoms with E-state index in [1.54, 1.807) is 23.1 Å². The monoisotopic (exact) mass is 291 g/mol. The van der Waals surface area contributed by atoms with Crippen LogP contribution >= 0.6 is 23.1 Å².